The summed E-state index contributed by atoms with van der Waals surface area (Å²) in [7, 11) is 0. The fourth-order valence-electron chi connectivity index (χ4n) is 2.07. The maximum absolute atomic E-state index is 13.6. The van der Waals surface area contributed by atoms with Crippen LogP contribution in [0.15, 0.2) is 17.0 Å². The van der Waals surface area contributed by atoms with Crippen molar-refractivity contribution in [2.24, 2.45) is 0 Å². The van der Waals surface area contributed by atoms with E-state index in [1.54, 1.807) is 6.26 Å². The van der Waals surface area contributed by atoms with Crippen molar-refractivity contribution in [2.45, 2.75) is 29.6 Å². The number of hydrogen-bond acceptors (Lipinski definition) is 2. The lowest BCUT2D eigenvalue weighted by Gasteiger charge is -2.14. The average molecular weight is 258 g/mol. The number of carboxylic acid groups (broad SMARTS) is 1. The predicted octanol–water partition coefficient (Wildman–Crippen LogP) is 3.19. The molecule has 0 heterocycles. The van der Waals surface area contributed by atoms with Crippen molar-refractivity contribution in [3.8, 4) is 0 Å². The van der Waals surface area contributed by atoms with Crippen molar-refractivity contribution in [3.05, 3.63) is 29.3 Å². The Morgan fingerprint density at radius 2 is 1.94 bits per heavy atom. The van der Waals surface area contributed by atoms with Crippen molar-refractivity contribution in [2.75, 3.05) is 6.26 Å². The van der Waals surface area contributed by atoms with E-state index >= 15 is 0 Å². The van der Waals surface area contributed by atoms with Crippen LogP contribution in [0.25, 0.3) is 0 Å². The topological polar surface area (TPSA) is 37.3 Å². The molecular weight excluding hydrogens is 246 g/mol. The van der Waals surface area contributed by atoms with Crippen molar-refractivity contribution >= 4 is 17.7 Å². The van der Waals surface area contributed by atoms with Crippen molar-refractivity contribution in [1.82, 2.24) is 0 Å². The van der Waals surface area contributed by atoms with Crippen LogP contribution in [0.5, 0.6) is 0 Å². The molecule has 5 heteroatoms. The molecule has 0 bridgehead atoms. The lowest BCUT2D eigenvalue weighted by molar-refractivity contribution is -0.137. The second-order valence-electron chi connectivity index (χ2n) is 4.32. The number of carboxylic acids is 1. The second kappa shape index (κ2) is 4.29. The van der Waals surface area contributed by atoms with E-state index in [9.17, 15) is 13.6 Å². The van der Waals surface area contributed by atoms with Gasteiger partial charge in [-0.3, -0.25) is 4.79 Å². The number of rotatable bonds is 4. The SMILES string of the molecule is CSc1c(F)cc(C2(CC(=O)O)CC2)cc1F. The lowest BCUT2D eigenvalue weighted by atomic mass is 9.92. The molecule has 2 nitrogen and oxygen atoms in total. The Hall–Kier alpha value is -1.10. The van der Waals surface area contributed by atoms with Crippen LogP contribution in [0.2, 0.25) is 0 Å². The van der Waals surface area contributed by atoms with Crippen LogP contribution in [0.4, 0.5) is 8.78 Å². The largest absolute Gasteiger partial charge is 0.481 e. The Morgan fingerprint density at radius 3 is 2.29 bits per heavy atom. The molecule has 0 atom stereocenters. The van der Waals surface area contributed by atoms with Gasteiger partial charge in [-0.05, 0) is 36.8 Å². The molecule has 0 radical (unpaired) electrons. The zero-order valence-electron chi connectivity index (χ0n) is 9.30. The summed E-state index contributed by atoms with van der Waals surface area (Å²) in [6, 6.07) is 2.54. The molecule has 0 aromatic heterocycles. The summed E-state index contributed by atoms with van der Waals surface area (Å²) in [6.07, 6.45) is 2.89. The standard InChI is InChI=1S/C12H12F2O2S/c1-17-11-8(13)4-7(5-9(11)14)12(2-3-12)6-10(15)16/h4-5H,2-3,6H2,1H3,(H,15,16). The highest BCUT2D eigenvalue weighted by atomic mass is 32.2. The molecule has 1 aliphatic carbocycles. The fourth-order valence-corrected chi connectivity index (χ4v) is 2.58. The third-order valence-electron chi connectivity index (χ3n) is 3.16. The van der Waals surface area contributed by atoms with Crippen LogP contribution in [-0.2, 0) is 10.2 Å². The Morgan fingerprint density at radius 1 is 1.41 bits per heavy atom. The van der Waals surface area contributed by atoms with Gasteiger partial charge >= 0.3 is 5.97 Å². The van der Waals surface area contributed by atoms with Crippen molar-refractivity contribution in [3.63, 3.8) is 0 Å². The average Bonchev–Trinajstić information content (AvgIpc) is 2.97. The Bertz CT molecular complexity index is 447. The maximum atomic E-state index is 13.6. The van der Waals surface area contributed by atoms with Crippen molar-refractivity contribution < 1.29 is 18.7 Å². The van der Waals surface area contributed by atoms with Gasteiger partial charge in [0.05, 0.1) is 11.3 Å². The molecule has 1 aliphatic rings. The summed E-state index contributed by atoms with van der Waals surface area (Å²) in [4.78, 5) is 10.7. The molecule has 0 amide bonds. The third-order valence-corrected chi connectivity index (χ3v) is 3.96. The number of benzene rings is 1. The van der Waals surface area contributed by atoms with Gasteiger partial charge in [0.15, 0.2) is 0 Å². The quantitative estimate of drug-likeness (QED) is 0.843. The molecule has 1 N–H and O–H groups in total. The normalized spacial score (nSPS) is 16.9. The highest BCUT2D eigenvalue weighted by Gasteiger charge is 2.46. The Balaban J connectivity index is 2.37. The van der Waals surface area contributed by atoms with E-state index in [-0.39, 0.29) is 11.3 Å². The van der Waals surface area contributed by atoms with Crippen LogP contribution in [0, 0.1) is 11.6 Å². The summed E-state index contributed by atoms with van der Waals surface area (Å²) < 4.78 is 27.2. The predicted molar refractivity (Wildman–Crippen MR) is 61.3 cm³/mol. The van der Waals surface area contributed by atoms with Crippen LogP contribution >= 0.6 is 11.8 Å². The number of thioether (sulfide) groups is 1. The molecule has 17 heavy (non-hydrogen) atoms. The number of aliphatic carboxylic acids is 1. The van der Waals surface area contributed by atoms with E-state index in [1.165, 1.54) is 12.1 Å². The van der Waals surface area contributed by atoms with Crippen molar-refractivity contribution in [1.29, 1.82) is 0 Å². The fraction of sp³-hybridized carbons (Fsp3) is 0.417. The first kappa shape index (κ1) is 12.4. The molecular formula is C12H12F2O2S. The minimum Gasteiger partial charge on any atom is -0.481 e. The number of carbonyl (C=O) groups is 1. The molecule has 1 aromatic carbocycles. The van der Waals surface area contributed by atoms with Gasteiger partial charge in [0.2, 0.25) is 0 Å². The zero-order valence-corrected chi connectivity index (χ0v) is 10.1. The molecule has 92 valence electrons. The van der Waals surface area contributed by atoms with Crippen LogP contribution in [0.3, 0.4) is 0 Å². The zero-order chi connectivity index (χ0) is 12.6. The number of hydrogen-bond donors (Lipinski definition) is 1. The van der Waals surface area contributed by atoms with Gasteiger partial charge in [-0.1, -0.05) is 0 Å². The minimum absolute atomic E-state index is 0.0140. The van der Waals surface area contributed by atoms with E-state index in [1.807, 2.05) is 0 Å². The third kappa shape index (κ3) is 2.29. The van der Waals surface area contributed by atoms with Gasteiger partial charge in [-0.15, -0.1) is 11.8 Å². The van der Waals surface area contributed by atoms with Gasteiger partial charge in [0.25, 0.3) is 0 Å². The molecule has 1 fully saturated rings. The summed E-state index contributed by atoms with van der Waals surface area (Å²) >= 11 is 1.01. The first-order valence-corrected chi connectivity index (χ1v) is 6.46. The first-order chi connectivity index (χ1) is 7.98. The number of halogens is 2. The van der Waals surface area contributed by atoms with E-state index in [2.05, 4.69) is 0 Å². The van der Waals surface area contributed by atoms with Gasteiger partial charge < -0.3 is 5.11 Å². The molecule has 0 spiro atoms. The van der Waals surface area contributed by atoms with Crippen LogP contribution in [-0.4, -0.2) is 17.3 Å². The summed E-state index contributed by atoms with van der Waals surface area (Å²) in [5.74, 6) is -2.15. The maximum Gasteiger partial charge on any atom is 0.304 e. The van der Waals surface area contributed by atoms with Gasteiger partial charge in [-0.25, -0.2) is 8.78 Å². The Kier molecular flexibility index (Phi) is 3.12. The van der Waals surface area contributed by atoms with Gasteiger partial charge in [0, 0.05) is 5.41 Å². The summed E-state index contributed by atoms with van der Waals surface area (Å²) in [5.41, 5.74) is -0.0857. The van der Waals surface area contributed by atoms with E-state index in [0.29, 0.717) is 18.4 Å². The smallest absolute Gasteiger partial charge is 0.304 e. The van der Waals surface area contributed by atoms with Gasteiger partial charge in [0.1, 0.15) is 11.6 Å². The van der Waals surface area contributed by atoms with Crippen LogP contribution < -0.4 is 0 Å². The second-order valence-corrected chi connectivity index (χ2v) is 5.14. The molecule has 0 unspecified atom stereocenters. The molecule has 1 aromatic rings. The van der Waals surface area contributed by atoms with E-state index in [0.717, 1.165) is 11.8 Å². The van der Waals surface area contributed by atoms with Crippen LogP contribution in [0.1, 0.15) is 24.8 Å². The Labute approximate surface area is 102 Å². The monoisotopic (exact) mass is 258 g/mol. The van der Waals surface area contributed by atoms with Gasteiger partial charge in [-0.2, -0.15) is 0 Å². The highest BCUT2D eigenvalue weighted by Crippen LogP contribution is 2.51. The summed E-state index contributed by atoms with van der Waals surface area (Å²) in [6.45, 7) is 0. The molecule has 2 rings (SSSR count). The minimum atomic E-state index is -0.933. The highest BCUT2D eigenvalue weighted by molar-refractivity contribution is 7.98. The molecule has 1 saturated carbocycles. The van der Waals surface area contributed by atoms with E-state index < -0.39 is 23.0 Å². The first-order valence-electron chi connectivity index (χ1n) is 5.24. The lowest BCUT2D eigenvalue weighted by Crippen LogP contribution is -2.13. The molecule has 0 aliphatic heterocycles. The van der Waals surface area contributed by atoms with E-state index in [4.69, 9.17) is 5.11 Å². The summed E-state index contributed by atoms with van der Waals surface area (Å²) in [5, 5.41) is 8.80. The molecule has 0 saturated heterocycles.